The summed E-state index contributed by atoms with van der Waals surface area (Å²) in [6.45, 7) is 14.4. The number of ketones is 1. The topological polar surface area (TPSA) is 97.0 Å². The maximum atomic E-state index is 13.9. The van der Waals surface area contributed by atoms with Gasteiger partial charge < -0.3 is 21.2 Å². The van der Waals surface area contributed by atoms with E-state index < -0.39 is 11.8 Å². The number of alkyl halides is 2. The third-order valence-corrected chi connectivity index (χ3v) is 7.37. The maximum absolute atomic E-state index is 13.9. The quantitative estimate of drug-likeness (QED) is 0.150. The van der Waals surface area contributed by atoms with Crippen LogP contribution >= 0.6 is 0 Å². The number of Topliss-reactive ketones (excluding diaryl/α,β-unsaturated/α-hetero) is 1. The Balaban J connectivity index is 0.000000678. The highest BCUT2D eigenvalue weighted by Gasteiger charge is 2.36. The number of carbonyl (C=O) groups is 1. The summed E-state index contributed by atoms with van der Waals surface area (Å²) in [7, 11) is 0. The minimum Gasteiger partial charge on any atom is -0.508 e. The molecule has 2 aliphatic carbocycles. The Labute approximate surface area is 266 Å². The van der Waals surface area contributed by atoms with Gasteiger partial charge in [-0.1, -0.05) is 70.9 Å². The molecule has 0 heterocycles. The van der Waals surface area contributed by atoms with Crippen molar-refractivity contribution in [1.82, 2.24) is 5.32 Å². The van der Waals surface area contributed by atoms with Gasteiger partial charge in [0.15, 0.2) is 5.78 Å². The van der Waals surface area contributed by atoms with Gasteiger partial charge in [0.1, 0.15) is 17.6 Å². The monoisotopic (exact) mass is 615 g/mol. The molecule has 2 aromatic carbocycles. The van der Waals surface area contributed by atoms with Gasteiger partial charge >= 0.3 is 0 Å². The number of hydrogen-bond donors (Lipinski definition) is 4. The molecule has 0 atom stereocenters. The predicted octanol–water partition coefficient (Wildman–Crippen LogP) is 10.1. The van der Waals surface area contributed by atoms with Crippen LogP contribution in [0.15, 0.2) is 36.4 Å². The zero-order valence-corrected chi connectivity index (χ0v) is 28.4. The number of carbonyl (C=O) groups excluding carboxylic acids is 1. The first kappa shape index (κ1) is 41.1. The molecular weight excluding hydrogens is 556 g/mol. The number of benzene rings is 2. The van der Waals surface area contributed by atoms with E-state index >= 15 is 0 Å². The van der Waals surface area contributed by atoms with Gasteiger partial charge in [-0.3, -0.25) is 4.79 Å². The highest BCUT2D eigenvalue weighted by molar-refractivity contribution is 5.98. The van der Waals surface area contributed by atoms with Gasteiger partial charge in [-0.05, 0) is 94.7 Å². The fourth-order valence-corrected chi connectivity index (χ4v) is 4.61. The van der Waals surface area contributed by atoms with E-state index in [1.165, 1.54) is 17.3 Å². The summed E-state index contributed by atoms with van der Waals surface area (Å²) in [4.78, 5) is 12.0. The van der Waals surface area contributed by atoms with E-state index in [-0.39, 0.29) is 11.5 Å². The molecule has 2 aromatic rings. The lowest BCUT2D eigenvalue weighted by Gasteiger charge is -2.34. The van der Waals surface area contributed by atoms with Crippen LogP contribution in [-0.2, 0) is 19.4 Å². The van der Waals surface area contributed by atoms with Crippen molar-refractivity contribution in [3.63, 3.8) is 0 Å². The predicted molar refractivity (Wildman–Crippen MR) is 184 cm³/mol. The van der Waals surface area contributed by atoms with Crippen molar-refractivity contribution >= 4 is 17.7 Å². The second kappa shape index (κ2) is 23.5. The highest BCUT2D eigenvalue weighted by atomic mass is 19.1. The van der Waals surface area contributed by atoms with Crippen molar-refractivity contribution in [3.05, 3.63) is 64.2 Å². The van der Waals surface area contributed by atoms with E-state index in [1.54, 1.807) is 13.0 Å². The standard InChI is InChI=1S/C17H24FNO2.C12H17N.C4H7F.C2H5N.C2H6/c1-3-13-14(15(20)4-2)8-12(9-16(13)21)10-19-11-17(18)6-5-7-17;1-3-5-12(13)9-11-7-4-6-10(2)8-11;5-4-2-1-3-4;1-2-3;1-2/h8-9,19,21H,3-7,10-11H2,1-2H3;4,6-8,13H,3,5,9H2,1-2H3;4H,1-3H2;2-3H,1H3;1-2H3. The highest BCUT2D eigenvalue weighted by Crippen LogP contribution is 2.35. The van der Waals surface area contributed by atoms with Crippen molar-refractivity contribution < 1.29 is 18.7 Å². The summed E-state index contributed by atoms with van der Waals surface area (Å²) in [5.74, 6) is 0.192. The Kier molecular flexibility index (Phi) is 21.9. The molecule has 2 aliphatic rings. The fourth-order valence-electron chi connectivity index (χ4n) is 4.61. The van der Waals surface area contributed by atoms with Crippen molar-refractivity contribution in [1.29, 1.82) is 10.8 Å². The van der Waals surface area contributed by atoms with Crippen LogP contribution < -0.4 is 5.32 Å². The molecule has 0 saturated heterocycles. The summed E-state index contributed by atoms with van der Waals surface area (Å²) in [6.07, 6.45) is 9.62. The van der Waals surface area contributed by atoms with Crippen LogP contribution in [0.5, 0.6) is 5.75 Å². The van der Waals surface area contributed by atoms with Crippen LogP contribution in [0, 0.1) is 17.7 Å². The first-order valence-corrected chi connectivity index (χ1v) is 16.5. The molecule has 0 aliphatic heterocycles. The van der Waals surface area contributed by atoms with E-state index in [9.17, 15) is 18.7 Å². The second-order valence-electron chi connectivity index (χ2n) is 11.2. The van der Waals surface area contributed by atoms with Crippen LogP contribution in [0.3, 0.4) is 0 Å². The van der Waals surface area contributed by atoms with Gasteiger partial charge in [-0.2, -0.15) is 0 Å². The van der Waals surface area contributed by atoms with E-state index in [2.05, 4.69) is 43.4 Å². The molecule has 0 spiro atoms. The first-order valence-electron chi connectivity index (χ1n) is 16.5. The van der Waals surface area contributed by atoms with E-state index in [1.807, 2.05) is 33.8 Å². The summed E-state index contributed by atoms with van der Waals surface area (Å²) in [6, 6.07) is 11.9. The SMILES string of the molecule is CC.CC=N.CCC(=O)c1cc(CNCC2(F)CCC2)cc(O)c1CC.CCCC(=N)Cc1cccc(C)c1.FC1CCC1. The molecule has 0 bridgehead atoms. The third-order valence-electron chi connectivity index (χ3n) is 7.37. The lowest BCUT2D eigenvalue weighted by atomic mass is 9.82. The largest absolute Gasteiger partial charge is 0.508 e. The first-order chi connectivity index (χ1) is 21.0. The summed E-state index contributed by atoms with van der Waals surface area (Å²) >= 11 is 0. The molecule has 7 heteroatoms. The third kappa shape index (κ3) is 16.2. The van der Waals surface area contributed by atoms with Crippen LogP contribution in [-0.4, -0.2) is 41.2 Å². The van der Waals surface area contributed by atoms with Crippen LogP contribution in [0.4, 0.5) is 8.78 Å². The van der Waals surface area contributed by atoms with Gasteiger partial charge in [0.2, 0.25) is 0 Å². The van der Waals surface area contributed by atoms with Crippen molar-refractivity contribution in [2.75, 3.05) is 6.54 Å². The van der Waals surface area contributed by atoms with Crippen molar-refractivity contribution in [3.8, 4) is 5.75 Å². The Morgan fingerprint density at radius 3 is 2.14 bits per heavy atom. The Bertz CT molecular complexity index is 1110. The summed E-state index contributed by atoms with van der Waals surface area (Å²) in [5.41, 5.74) is 4.44. The van der Waals surface area contributed by atoms with Gasteiger partial charge in [0.25, 0.3) is 0 Å². The molecule has 248 valence electrons. The number of phenolic OH excluding ortho intramolecular Hbond substituents is 1. The number of rotatable bonds is 11. The average Bonchev–Trinajstić information content (AvgIpc) is 2.97. The number of halogens is 2. The molecule has 0 unspecified atom stereocenters. The van der Waals surface area contributed by atoms with E-state index in [0.29, 0.717) is 49.9 Å². The number of phenols is 1. The Morgan fingerprint density at radius 1 is 1.09 bits per heavy atom. The van der Waals surface area contributed by atoms with Crippen molar-refractivity contribution in [2.45, 2.75) is 137 Å². The number of aromatic hydroxyl groups is 1. The van der Waals surface area contributed by atoms with Crippen molar-refractivity contribution in [2.24, 2.45) is 0 Å². The van der Waals surface area contributed by atoms with Gasteiger partial charge in [0.05, 0.1) is 0 Å². The van der Waals surface area contributed by atoms with Crippen LogP contribution in [0.25, 0.3) is 0 Å². The summed E-state index contributed by atoms with van der Waals surface area (Å²) < 4.78 is 25.4. The molecule has 4 N–H and O–H groups in total. The number of hydrogen-bond acceptors (Lipinski definition) is 5. The molecule has 0 amide bonds. The summed E-state index contributed by atoms with van der Waals surface area (Å²) in [5, 5.41) is 27.0. The molecule has 0 radical (unpaired) electrons. The molecular formula is C37H59F2N3O2. The zero-order valence-electron chi connectivity index (χ0n) is 28.4. The van der Waals surface area contributed by atoms with Gasteiger partial charge in [-0.25, -0.2) is 8.78 Å². The minimum atomic E-state index is -1.06. The molecule has 4 rings (SSSR count). The van der Waals surface area contributed by atoms with Crippen LogP contribution in [0.2, 0.25) is 0 Å². The lowest BCUT2D eigenvalue weighted by Crippen LogP contribution is -2.42. The second-order valence-corrected chi connectivity index (χ2v) is 11.2. The molecule has 2 fully saturated rings. The number of nitrogens with one attached hydrogen (secondary N) is 3. The van der Waals surface area contributed by atoms with Gasteiger partial charge in [-0.15, -0.1) is 0 Å². The van der Waals surface area contributed by atoms with Crippen LogP contribution in [0.1, 0.15) is 132 Å². The van der Waals surface area contributed by atoms with Gasteiger partial charge in [0, 0.05) is 42.8 Å². The minimum absolute atomic E-state index is 0.0324. The van der Waals surface area contributed by atoms with E-state index in [4.69, 9.17) is 10.8 Å². The Hall–Kier alpha value is -2.93. The molecule has 2 saturated carbocycles. The fraction of sp³-hybridized carbons (Fsp3) is 0.595. The number of aryl methyl sites for hydroxylation is 1. The average molecular weight is 616 g/mol. The molecule has 0 aromatic heterocycles. The Morgan fingerprint density at radius 2 is 1.70 bits per heavy atom. The smallest absolute Gasteiger partial charge is 0.163 e. The van der Waals surface area contributed by atoms with E-state index in [0.717, 1.165) is 56.2 Å². The zero-order chi connectivity index (χ0) is 33.5. The maximum Gasteiger partial charge on any atom is 0.163 e. The normalized spacial score (nSPS) is 14.2. The lowest BCUT2D eigenvalue weighted by molar-refractivity contribution is 0.0630. The molecule has 44 heavy (non-hydrogen) atoms. The molecule has 5 nitrogen and oxygen atoms in total.